The summed E-state index contributed by atoms with van der Waals surface area (Å²) in [4.78, 5) is 10.1. The van der Waals surface area contributed by atoms with Crippen LogP contribution in [0.4, 0.5) is 5.82 Å². The van der Waals surface area contributed by atoms with E-state index >= 15 is 0 Å². The van der Waals surface area contributed by atoms with E-state index in [-0.39, 0.29) is 0 Å². The van der Waals surface area contributed by atoms with E-state index in [2.05, 4.69) is 34.1 Å². The summed E-state index contributed by atoms with van der Waals surface area (Å²) in [5.41, 5.74) is 1.25. The molecule has 2 fully saturated rings. The summed E-state index contributed by atoms with van der Waals surface area (Å²) < 4.78 is 6.39. The Morgan fingerprint density at radius 3 is 2.81 bits per heavy atom. The minimum absolute atomic E-state index is 0.306. The molecule has 118 valence electrons. The summed E-state index contributed by atoms with van der Waals surface area (Å²) in [6.07, 6.45) is 4.72. The molecule has 0 amide bonds. The molecule has 1 atom stereocenters. The number of hydrogen-bond donors (Lipinski definition) is 2. The zero-order chi connectivity index (χ0) is 15.5. The van der Waals surface area contributed by atoms with Crippen LogP contribution in [0.1, 0.15) is 25.5 Å². The van der Waals surface area contributed by atoms with Crippen LogP contribution in [-0.2, 0) is 21.2 Å². The first-order valence-electron chi connectivity index (χ1n) is 7.16. The third kappa shape index (κ3) is 3.59. The van der Waals surface area contributed by atoms with Gasteiger partial charge in [0.2, 0.25) is 0 Å². The minimum Gasteiger partial charge on any atom is -0.400 e. The molecular formula is C14H24N3O2S2+. The van der Waals surface area contributed by atoms with Gasteiger partial charge in [-0.3, -0.25) is 0 Å². The van der Waals surface area contributed by atoms with Gasteiger partial charge in [-0.2, -0.15) is 0 Å². The van der Waals surface area contributed by atoms with Gasteiger partial charge in [-0.15, -0.1) is 0 Å². The van der Waals surface area contributed by atoms with Gasteiger partial charge in [0.05, 0.1) is 31.2 Å². The van der Waals surface area contributed by atoms with Crippen molar-refractivity contribution in [3.8, 4) is 0 Å². The molecule has 0 bridgehead atoms. The zero-order valence-electron chi connectivity index (χ0n) is 12.8. The maximum Gasteiger partial charge on any atom is 0.199 e. The van der Waals surface area contributed by atoms with Crippen molar-refractivity contribution in [2.45, 2.75) is 30.6 Å². The Kier molecular flexibility index (Phi) is 5.65. The van der Waals surface area contributed by atoms with Crippen LogP contribution in [0, 0.1) is 4.77 Å². The Hall–Kier alpha value is -0.630. The SMILES string of the molecule is CO.C[SH+]C1(c2cc(N3CCOCC3C)nc(=S)[nH]2)CC1. The molecule has 1 aliphatic carbocycles. The number of aromatic nitrogens is 2. The highest BCUT2D eigenvalue weighted by molar-refractivity contribution is 7.79. The molecule has 1 aromatic heterocycles. The molecule has 0 radical (unpaired) electrons. The minimum atomic E-state index is 0.306. The lowest BCUT2D eigenvalue weighted by Gasteiger charge is -2.34. The third-order valence-electron chi connectivity index (χ3n) is 4.05. The number of morpholine rings is 1. The van der Waals surface area contributed by atoms with Gasteiger partial charge < -0.3 is 19.7 Å². The number of anilines is 1. The third-order valence-corrected chi connectivity index (χ3v) is 5.78. The first-order chi connectivity index (χ1) is 10.1. The van der Waals surface area contributed by atoms with Crippen molar-refractivity contribution in [3.05, 3.63) is 16.5 Å². The maximum absolute atomic E-state index is 7.00. The highest BCUT2D eigenvalue weighted by atomic mass is 32.2. The fraction of sp³-hybridized carbons (Fsp3) is 0.714. The Bertz CT molecular complexity index is 531. The van der Waals surface area contributed by atoms with Crippen molar-refractivity contribution in [1.82, 2.24) is 9.97 Å². The maximum atomic E-state index is 7.00. The van der Waals surface area contributed by atoms with E-state index in [0.717, 1.165) is 32.7 Å². The van der Waals surface area contributed by atoms with E-state index in [1.54, 1.807) is 0 Å². The van der Waals surface area contributed by atoms with Crippen LogP contribution < -0.4 is 4.90 Å². The topological polar surface area (TPSA) is 61.4 Å². The number of thiol groups is 1. The molecule has 3 rings (SSSR count). The number of hydrogen-bond acceptors (Lipinski definition) is 5. The van der Waals surface area contributed by atoms with Crippen molar-refractivity contribution in [2.24, 2.45) is 0 Å². The number of aliphatic hydroxyl groups excluding tert-OH is 1. The number of nitrogens with one attached hydrogen (secondary N) is 1. The normalized spacial score (nSPS) is 23.2. The van der Waals surface area contributed by atoms with Crippen LogP contribution in [0.25, 0.3) is 0 Å². The second-order valence-electron chi connectivity index (χ2n) is 5.33. The van der Waals surface area contributed by atoms with Crippen LogP contribution in [0.5, 0.6) is 0 Å². The lowest BCUT2D eigenvalue weighted by Crippen LogP contribution is -2.44. The zero-order valence-corrected chi connectivity index (χ0v) is 14.5. The van der Waals surface area contributed by atoms with Gasteiger partial charge in [0.25, 0.3) is 0 Å². The summed E-state index contributed by atoms with van der Waals surface area (Å²) in [6, 6.07) is 2.56. The van der Waals surface area contributed by atoms with Gasteiger partial charge in [0.1, 0.15) is 5.82 Å². The summed E-state index contributed by atoms with van der Waals surface area (Å²) >= 11 is 6.73. The van der Waals surface area contributed by atoms with Crippen LogP contribution in [0.2, 0.25) is 0 Å². The molecule has 2 N–H and O–H groups in total. The Morgan fingerprint density at radius 2 is 2.24 bits per heavy atom. The fourth-order valence-electron chi connectivity index (χ4n) is 2.64. The molecule has 1 aromatic rings. The predicted octanol–water partition coefficient (Wildman–Crippen LogP) is 1.41. The second kappa shape index (κ2) is 7.09. The van der Waals surface area contributed by atoms with Gasteiger partial charge in [0.15, 0.2) is 9.52 Å². The highest BCUT2D eigenvalue weighted by Gasteiger charge is 2.52. The molecule has 5 nitrogen and oxygen atoms in total. The van der Waals surface area contributed by atoms with E-state index in [4.69, 9.17) is 22.1 Å². The van der Waals surface area contributed by atoms with Crippen LogP contribution in [0.15, 0.2) is 6.07 Å². The van der Waals surface area contributed by atoms with E-state index in [1.807, 2.05) is 0 Å². The number of aromatic amines is 1. The Morgan fingerprint density at radius 1 is 1.52 bits per heavy atom. The molecule has 0 spiro atoms. The highest BCUT2D eigenvalue weighted by Crippen LogP contribution is 2.48. The van der Waals surface area contributed by atoms with Gasteiger partial charge in [-0.1, -0.05) is 0 Å². The number of H-pyrrole nitrogens is 1. The van der Waals surface area contributed by atoms with Crippen molar-refractivity contribution < 1.29 is 9.84 Å². The average molecular weight is 330 g/mol. The molecular weight excluding hydrogens is 306 g/mol. The van der Waals surface area contributed by atoms with E-state index in [1.165, 1.54) is 30.3 Å². The van der Waals surface area contributed by atoms with Crippen molar-refractivity contribution >= 4 is 29.8 Å². The molecule has 1 unspecified atom stereocenters. The lowest BCUT2D eigenvalue weighted by atomic mass is 10.2. The van der Waals surface area contributed by atoms with Crippen LogP contribution in [0.3, 0.4) is 0 Å². The fourth-order valence-corrected chi connectivity index (χ4v) is 3.77. The Balaban J connectivity index is 0.000000774. The molecule has 7 heteroatoms. The summed E-state index contributed by atoms with van der Waals surface area (Å²) in [7, 11) is 1.00. The van der Waals surface area contributed by atoms with E-state index in [9.17, 15) is 0 Å². The number of ether oxygens (including phenoxy) is 1. The molecule has 1 aliphatic heterocycles. The summed E-state index contributed by atoms with van der Waals surface area (Å²) in [5, 5.41) is 7.00. The van der Waals surface area contributed by atoms with E-state index in [0.29, 0.717) is 15.6 Å². The van der Waals surface area contributed by atoms with Crippen molar-refractivity contribution in [2.75, 3.05) is 38.0 Å². The summed E-state index contributed by atoms with van der Waals surface area (Å²) in [5.74, 6) is 1.00. The monoisotopic (exact) mass is 330 g/mol. The van der Waals surface area contributed by atoms with Gasteiger partial charge >= 0.3 is 0 Å². The smallest absolute Gasteiger partial charge is 0.199 e. The second-order valence-corrected chi connectivity index (χ2v) is 7.02. The standard InChI is InChI=1S/C13H19N3OS2.CH4O/c1-9-8-17-6-5-16(9)11-7-10(14-12(18)15-11)13(19-2)3-4-13;1-2/h7,9H,3-6,8H2,1-2H3,(H,14,15,18);2H,1H3/p+1. The number of rotatable bonds is 3. The van der Waals surface area contributed by atoms with E-state index < -0.39 is 0 Å². The predicted molar refractivity (Wildman–Crippen MR) is 90.8 cm³/mol. The average Bonchev–Trinajstić information content (AvgIpc) is 3.30. The first-order valence-corrected chi connectivity index (χ1v) is 8.91. The molecule has 0 aromatic carbocycles. The first kappa shape index (κ1) is 16.7. The van der Waals surface area contributed by atoms with Crippen LogP contribution >= 0.6 is 12.2 Å². The van der Waals surface area contributed by atoms with Crippen molar-refractivity contribution in [1.29, 1.82) is 0 Å². The van der Waals surface area contributed by atoms with Gasteiger partial charge in [-0.05, 0) is 30.9 Å². The molecule has 21 heavy (non-hydrogen) atoms. The molecule has 2 heterocycles. The van der Waals surface area contributed by atoms with Crippen LogP contribution in [-0.4, -0.2) is 54.2 Å². The molecule has 1 saturated heterocycles. The van der Waals surface area contributed by atoms with Gasteiger partial charge in [-0.25, -0.2) is 4.98 Å². The van der Waals surface area contributed by atoms with Crippen molar-refractivity contribution in [3.63, 3.8) is 0 Å². The van der Waals surface area contributed by atoms with Gasteiger partial charge in [0, 0.05) is 32.6 Å². The largest absolute Gasteiger partial charge is 0.400 e. The molecule has 1 saturated carbocycles. The lowest BCUT2D eigenvalue weighted by molar-refractivity contribution is 0.0985. The Labute approximate surface area is 135 Å². The number of nitrogens with zero attached hydrogens (tertiary/aromatic N) is 2. The number of aliphatic hydroxyl groups is 1. The quantitative estimate of drug-likeness (QED) is 0.498. The summed E-state index contributed by atoms with van der Waals surface area (Å²) in [6.45, 7) is 4.60. The molecule has 2 aliphatic rings.